The first-order valence-electron chi connectivity index (χ1n) is 7.05. The third-order valence-electron chi connectivity index (χ3n) is 3.92. The standard InChI is InChI=1S/C16H24N2O/c1-16(2,3)11-7-9-12(10-8-11)18-15(19)13-5-4-6-14(13)17/h7-10,13-14H,4-6,17H2,1-3H3,(H,18,19). The van der Waals surface area contributed by atoms with Crippen LogP contribution in [-0.2, 0) is 10.2 Å². The van der Waals surface area contributed by atoms with Gasteiger partial charge in [0.2, 0.25) is 5.91 Å². The van der Waals surface area contributed by atoms with Crippen LogP contribution in [0.15, 0.2) is 24.3 Å². The molecule has 0 saturated heterocycles. The minimum Gasteiger partial charge on any atom is -0.327 e. The number of anilines is 1. The number of benzene rings is 1. The molecule has 0 aromatic heterocycles. The number of rotatable bonds is 2. The molecule has 1 aromatic rings. The second kappa shape index (κ2) is 5.33. The number of nitrogens with two attached hydrogens (primary N) is 1. The van der Waals surface area contributed by atoms with E-state index < -0.39 is 0 Å². The van der Waals surface area contributed by atoms with Crippen molar-refractivity contribution in [1.82, 2.24) is 0 Å². The summed E-state index contributed by atoms with van der Waals surface area (Å²) in [5.41, 5.74) is 8.21. The fourth-order valence-corrected chi connectivity index (χ4v) is 2.60. The number of hydrogen-bond acceptors (Lipinski definition) is 2. The minimum absolute atomic E-state index is 0.0221. The fourth-order valence-electron chi connectivity index (χ4n) is 2.60. The summed E-state index contributed by atoms with van der Waals surface area (Å²) in [4.78, 5) is 12.1. The molecule has 1 fully saturated rings. The summed E-state index contributed by atoms with van der Waals surface area (Å²) in [5, 5.41) is 2.97. The molecule has 104 valence electrons. The molecule has 0 spiro atoms. The maximum atomic E-state index is 12.1. The Hall–Kier alpha value is -1.35. The molecule has 19 heavy (non-hydrogen) atoms. The highest BCUT2D eigenvalue weighted by molar-refractivity contribution is 5.93. The van der Waals surface area contributed by atoms with Crippen LogP contribution in [-0.4, -0.2) is 11.9 Å². The number of hydrogen-bond donors (Lipinski definition) is 2. The summed E-state index contributed by atoms with van der Waals surface area (Å²) in [5.74, 6) is 0.0378. The molecular weight excluding hydrogens is 236 g/mol. The van der Waals surface area contributed by atoms with Crippen LogP contribution < -0.4 is 11.1 Å². The molecule has 1 aromatic carbocycles. The lowest BCUT2D eigenvalue weighted by Crippen LogP contribution is -2.34. The topological polar surface area (TPSA) is 55.1 Å². The molecule has 1 saturated carbocycles. The first kappa shape index (κ1) is 14.1. The van der Waals surface area contributed by atoms with Gasteiger partial charge in [0.1, 0.15) is 0 Å². The van der Waals surface area contributed by atoms with Gasteiger partial charge in [0, 0.05) is 11.7 Å². The molecule has 1 aliphatic carbocycles. The molecular formula is C16H24N2O. The first-order valence-corrected chi connectivity index (χ1v) is 7.05. The van der Waals surface area contributed by atoms with Gasteiger partial charge in [-0.15, -0.1) is 0 Å². The van der Waals surface area contributed by atoms with Crippen molar-refractivity contribution in [3.63, 3.8) is 0 Å². The van der Waals surface area contributed by atoms with Gasteiger partial charge in [-0.3, -0.25) is 4.79 Å². The van der Waals surface area contributed by atoms with E-state index in [1.54, 1.807) is 0 Å². The van der Waals surface area contributed by atoms with E-state index in [4.69, 9.17) is 5.73 Å². The zero-order valence-electron chi connectivity index (χ0n) is 12.1. The van der Waals surface area contributed by atoms with Gasteiger partial charge < -0.3 is 11.1 Å². The Morgan fingerprint density at radius 3 is 2.32 bits per heavy atom. The average molecular weight is 260 g/mol. The predicted octanol–water partition coefficient (Wildman–Crippen LogP) is 3.05. The average Bonchev–Trinajstić information content (AvgIpc) is 2.75. The highest BCUT2D eigenvalue weighted by Gasteiger charge is 2.30. The lowest BCUT2D eigenvalue weighted by atomic mass is 9.87. The molecule has 2 atom stereocenters. The lowest BCUT2D eigenvalue weighted by Gasteiger charge is -2.20. The second-order valence-corrected chi connectivity index (χ2v) is 6.52. The van der Waals surface area contributed by atoms with Gasteiger partial charge >= 0.3 is 0 Å². The highest BCUT2D eigenvalue weighted by atomic mass is 16.1. The van der Waals surface area contributed by atoms with Crippen LogP contribution in [0.25, 0.3) is 0 Å². The Morgan fingerprint density at radius 1 is 1.21 bits per heavy atom. The van der Waals surface area contributed by atoms with E-state index in [-0.39, 0.29) is 23.3 Å². The summed E-state index contributed by atoms with van der Waals surface area (Å²) in [6.45, 7) is 6.54. The van der Waals surface area contributed by atoms with Gasteiger partial charge in [-0.1, -0.05) is 39.3 Å². The number of amides is 1. The number of nitrogens with one attached hydrogen (secondary N) is 1. The molecule has 1 amide bonds. The van der Waals surface area contributed by atoms with E-state index in [1.165, 1.54) is 5.56 Å². The summed E-state index contributed by atoms with van der Waals surface area (Å²) in [7, 11) is 0. The van der Waals surface area contributed by atoms with Gasteiger partial charge in [-0.05, 0) is 36.0 Å². The molecule has 2 unspecified atom stereocenters. The van der Waals surface area contributed by atoms with Crippen LogP contribution in [0, 0.1) is 5.92 Å². The smallest absolute Gasteiger partial charge is 0.229 e. The van der Waals surface area contributed by atoms with Crippen LogP contribution in [0.3, 0.4) is 0 Å². The SMILES string of the molecule is CC(C)(C)c1ccc(NC(=O)C2CCCC2N)cc1. The lowest BCUT2D eigenvalue weighted by molar-refractivity contribution is -0.120. The predicted molar refractivity (Wildman–Crippen MR) is 79.1 cm³/mol. The Kier molecular flexibility index (Phi) is 3.95. The van der Waals surface area contributed by atoms with Crippen molar-refractivity contribution in [2.24, 2.45) is 11.7 Å². The monoisotopic (exact) mass is 260 g/mol. The summed E-state index contributed by atoms with van der Waals surface area (Å²) in [6, 6.07) is 8.11. The zero-order valence-corrected chi connectivity index (χ0v) is 12.1. The Labute approximate surface area is 115 Å². The van der Waals surface area contributed by atoms with Crippen molar-refractivity contribution in [3.8, 4) is 0 Å². The van der Waals surface area contributed by atoms with Crippen molar-refractivity contribution in [2.45, 2.75) is 51.5 Å². The molecule has 0 heterocycles. The second-order valence-electron chi connectivity index (χ2n) is 6.52. The molecule has 1 aliphatic rings. The van der Waals surface area contributed by atoms with E-state index >= 15 is 0 Å². The van der Waals surface area contributed by atoms with Gasteiger partial charge in [-0.2, -0.15) is 0 Å². The van der Waals surface area contributed by atoms with Gasteiger partial charge in [0.15, 0.2) is 0 Å². The van der Waals surface area contributed by atoms with Crippen molar-refractivity contribution in [2.75, 3.05) is 5.32 Å². The Balaban J connectivity index is 2.02. The number of carbonyl (C=O) groups excluding carboxylic acids is 1. The van der Waals surface area contributed by atoms with Crippen molar-refractivity contribution < 1.29 is 4.79 Å². The van der Waals surface area contributed by atoms with Crippen LogP contribution >= 0.6 is 0 Å². The number of carbonyl (C=O) groups is 1. The maximum absolute atomic E-state index is 12.1. The molecule has 3 heteroatoms. The van der Waals surface area contributed by atoms with E-state index in [0.717, 1.165) is 24.9 Å². The largest absolute Gasteiger partial charge is 0.327 e. The molecule has 0 aliphatic heterocycles. The normalized spacial score (nSPS) is 23.4. The Bertz CT molecular complexity index is 445. The highest BCUT2D eigenvalue weighted by Crippen LogP contribution is 2.26. The van der Waals surface area contributed by atoms with E-state index in [9.17, 15) is 4.79 Å². The van der Waals surface area contributed by atoms with E-state index in [0.29, 0.717) is 0 Å². The molecule has 3 N–H and O–H groups in total. The van der Waals surface area contributed by atoms with E-state index in [1.807, 2.05) is 12.1 Å². The summed E-state index contributed by atoms with van der Waals surface area (Å²) < 4.78 is 0. The van der Waals surface area contributed by atoms with Crippen LogP contribution in [0.5, 0.6) is 0 Å². The van der Waals surface area contributed by atoms with Crippen molar-refractivity contribution in [3.05, 3.63) is 29.8 Å². The van der Waals surface area contributed by atoms with Crippen LogP contribution in [0.2, 0.25) is 0 Å². The first-order chi connectivity index (χ1) is 8.88. The molecule has 0 bridgehead atoms. The molecule has 0 radical (unpaired) electrons. The van der Waals surface area contributed by atoms with Crippen molar-refractivity contribution in [1.29, 1.82) is 0 Å². The molecule has 2 rings (SSSR count). The third kappa shape index (κ3) is 3.35. The van der Waals surface area contributed by atoms with Crippen LogP contribution in [0.1, 0.15) is 45.6 Å². The Morgan fingerprint density at radius 2 is 1.84 bits per heavy atom. The summed E-state index contributed by atoms with van der Waals surface area (Å²) in [6.07, 6.45) is 2.93. The zero-order chi connectivity index (χ0) is 14.0. The van der Waals surface area contributed by atoms with Gasteiger partial charge in [-0.25, -0.2) is 0 Å². The van der Waals surface area contributed by atoms with Gasteiger partial charge in [0.25, 0.3) is 0 Å². The maximum Gasteiger partial charge on any atom is 0.229 e. The molecule has 3 nitrogen and oxygen atoms in total. The summed E-state index contributed by atoms with van der Waals surface area (Å²) >= 11 is 0. The minimum atomic E-state index is -0.0257. The quantitative estimate of drug-likeness (QED) is 0.858. The van der Waals surface area contributed by atoms with E-state index in [2.05, 4.69) is 38.2 Å². The van der Waals surface area contributed by atoms with Crippen molar-refractivity contribution >= 4 is 11.6 Å². The fraction of sp³-hybridized carbons (Fsp3) is 0.562. The third-order valence-corrected chi connectivity index (χ3v) is 3.92. The van der Waals surface area contributed by atoms with Crippen LogP contribution in [0.4, 0.5) is 5.69 Å². The van der Waals surface area contributed by atoms with Gasteiger partial charge in [0.05, 0.1) is 5.92 Å².